The summed E-state index contributed by atoms with van der Waals surface area (Å²) >= 11 is 1.62. The number of amides is 2. The number of nitrogens with one attached hydrogen (secondary N) is 1. The number of aliphatic hydroxyl groups excluding tert-OH is 1. The van der Waals surface area contributed by atoms with Crippen LogP contribution in [0.3, 0.4) is 0 Å². The molecule has 3 aliphatic heterocycles. The topological polar surface area (TPSA) is 95.9 Å². The van der Waals surface area contributed by atoms with Crippen LogP contribution in [0, 0.1) is 17.8 Å². The summed E-state index contributed by atoms with van der Waals surface area (Å²) in [5.41, 5.74) is 0. The lowest BCUT2D eigenvalue weighted by Gasteiger charge is -2.38. The van der Waals surface area contributed by atoms with Gasteiger partial charge < -0.3 is 20.1 Å². The van der Waals surface area contributed by atoms with Crippen molar-refractivity contribution in [3.8, 4) is 0 Å². The number of esters is 1. The number of thioether (sulfide) groups is 1. The lowest BCUT2D eigenvalue weighted by atomic mass is 9.66. The normalized spacial score (nSPS) is 36.8. The first kappa shape index (κ1) is 20.5. The molecule has 3 aliphatic rings. The van der Waals surface area contributed by atoms with Crippen LogP contribution >= 0.6 is 11.8 Å². The molecule has 0 radical (unpaired) electrons. The molecule has 8 heteroatoms. The number of likely N-dealkylation sites (tertiary alicyclic amines) is 1. The van der Waals surface area contributed by atoms with Gasteiger partial charge in [-0.15, -0.1) is 11.8 Å². The molecule has 3 fully saturated rings. The van der Waals surface area contributed by atoms with Crippen molar-refractivity contribution in [1.82, 2.24) is 10.2 Å². The third-order valence-corrected chi connectivity index (χ3v) is 8.30. The van der Waals surface area contributed by atoms with Crippen molar-refractivity contribution < 1.29 is 24.2 Å². The number of carbonyl (C=O) groups is 3. The average Bonchev–Trinajstić information content (AvgIpc) is 3.20. The number of nitrogens with zero attached hydrogens (tertiary/aromatic N) is 1. The second kappa shape index (κ2) is 7.99. The van der Waals surface area contributed by atoms with Gasteiger partial charge >= 0.3 is 5.97 Å². The van der Waals surface area contributed by atoms with E-state index in [1.165, 1.54) is 4.90 Å². The van der Waals surface area contributed by atoms with E-state index in [1.54, 1.807) is 18.7 Å². The highest BCUT2D eigenvalue weighted by atomic mass is 32.2. The Balaban J connectivity index is 1.96. The Bertz CT molecular complexity index is 615. The SMILES string of the molecule is CCCCNC(=O)C1N(CCO)C(=O)[C@@H]2[C@H](C(=O)OCC)[C@@H]3CC(C)C12S3. The van der Waals surface area contributed by atoms with Crippen molar-refractivity contribution in [2.45, 2.75) is 56.1 Å². The van der Waals surface area contributed by atoms with E-state index in [0.29, 0.717) is 6.54 Å². The van der Waals surface area contributed by atoms with Gasteiger partial charge in [-0.25, -0.2) is 0 Å². The molecule has 0 aromatic heterocycles. The first-order valence-electron chi connectivity index (χ1n) is 9.97. The fourth-order valence-corrected chi connectivity index (χ4v) is 7.57. The Kier molecular flexibility index (Phi) is 6.05. The molecule has 0 saturated carbocycles. The van der Waals surface area contributed by atoms with E-state index < -0.39 is 22.6 Å². The summed E-state index contributed by atoms with van der Waals surface area (Å²) in [4.78, 5) is 40.5. The summed E-state index contributed by atoms with van der Waals surface area (Å²) in [6, 6.07) is -0.650. The van der Waals surface area contributed by atoms with Gasteiger partial charge in [0, 0.05) is 18.3 Å². The number of aliphatic hydroxyl groups is 1. The van der Waals surface area contributed by atoms with Crippen molar-refractivity contribution in [3.05, 3.63) is 0 Å². The van der Waals surface area contributed by atoms with Crippen LogP contribution in [0.5, 0.6) is 0 Å². The Morgan fingerprint density at radius 3 is 2.78 bits per heavy atom. The zero-order valence-electron chi connectivity index (χ0n) is 16.3. The molecular formula is C19H30N2O5S. The number of carbonyl (C=O) groups excluding carboxylic acids is 3. The number of hydrogen-bond donors (Lipinski definition) is 2. The van der Waals surface area contributed by atoms with E-state index in [4.69, 9.17) is 4.74 Å². The number of rotatable bonds is 8. The molecule has 3 heterocycles. The summed E-state index contributed by atoms with van der Waals surface area (Å²) in [7, 11) is 0. The highest BCUT2D eigenvalue weighted by Gasteiger charge is 2.76. The molecular weight excluding hydrogens is 368 g/mol. The molecule has 3 rings (SSSR count). The first-order chi connectivity index (χ1) is 12.9. The van der Waals surface area contributed by atoms with Gasteiger partial charge in [-0.2, -0.15) is 0 Å². The maximum absolute atomic E-state index is 13.3. The predicted molar refractivity (Wildman–Crippen MR) is 102 cm³/mol. The van der Waals surface area contributed by atoms with Crippen molar-refractivity contribution >= 4 is 29.5 Å². The van der Waals surface area contributed by atoms with Crippen molar-refractivity contribution in [2.75, 3.05) is 26.3 Å². The summed E-state index contributed by atoms with van der Waals surface area (Å²) in [6.45, 7) is 6.63. The van der Waals surface area contributed by atoms with Crippen LogP contribution in [0.1, 0.15) is 40.0 Å². The largest absolute Gasteiger partial charge is 0.466 e. The minimum absolute atomic E-state index is 0.00946. The van der Waals surface area contributed by atoms with Crippen molar-refractivity contribution in [3.63, 3.8) is 0 Å². The van der Waals surface area contributed by atoms with Crippen LogP contribution in [0.4, 0.5) is 0 Å². The predicted octanol–water partition coefficient (Wildman–Crippen LogP) is 0.795. The molecule has 2 N–H and O–H groups in total. The minimum Gasteiger partial charge on any atom is -0.466 e. The number of β-amino-alcohol motifs (C(OH)–C–C–N with tert-alkyl or cyclic N) is 1. The fourth-order valence-electron chi connectivity index (χ4n) is 5.16. The molecule has 0 aromatic carbocycles. The van der Waals surface area contributed by atoms with Gasteiger partial charge in [0.25, 0.3) is 0 Å². The van der Waals surface area contributed by atoms with Crippen molar-refractivity contribution in [2.24, 2.45) is 17.8 Å². The Morgan fingerprint density at radius 2 is 2.15 bits per heavy atom. The van der Waals surface area contributed by atoms with Gasteiger partial charge in [0.15, 0.2) is 0 Å². The Morgan fingerprint density at radius 1 is 1.41 bits per heavy atom. The Labute approximate surface area is 164 Å². The van der Waals surface area contributed by atoms with Crippen LogP contribution in [0.15, 0.2) is 0 Å². The third kappa shape index (κ3) is 3.05. The van der Waals surface area contributed by atoms with Gasteiger partial charge in [0.05, 0.1) is 29.8 Å². The van der Waals surface area contributed by atoms with E-state index >= 15 is 0 Å². The van der Waals surface area contributed by atoms with Gasteiger partial charge in [-0.1, -0.05) is 20.3 Å². The lowest BCUT2D eigenvalue weighted by Crippen LogP contribution is -2.56. The number of ether oxygens (including phenoxy) is 1. The van der Waals surface area contributed by atoms with Gasteiger partial charge in [0.2, 0.25) is 11.8 Å². The monoisotopic (exact) mass is 398 g/mol. The van der Waals surface area contributed by atoms with Crippen LogP contribution in [0.2, 0.25) is 0 Å². The number of unbranched alkanes of at least 4 members (excludes halogenated alkanes) is 1. The summed E-state index contributed by atoms with van der Waals surface area (Å²) < 4.78 is 4.64. The zero-order chi connectivity index (χ0) is 19.8. The van der Waals surface area contributed by atoms with Gasteiger partial charge in [-0.05, 0) is 25.7 Å². The van der Waals surface area contributed by atoms with E-state index in [1.807, 2.05) is 0 Å². The summed E-state index contributed by atoms with van der Waals surface area (Å²) in [5, 5.41) is 12.5. The first-order valence-corrected chi connectivity index (χ1v) is 10.8. The van der Waals surface area contributed by atoms with E-state index in [9.17, 15) is 19.5 Å². The van der Waals surface area contributed by atoms with Crippen LogP contribution in [-0.2, 0) is 19.1 Å². The molecule has 0 aromatic rings. The summed E-state index contributed by atoms with van der Waals surface area (Å²) in [6.07, 6.45) is 2.64. The van der Waals surface area contributed by atoms with Gasteiger partial charge in [-0.3, -0.25) is 14.4 Å². The fraction of sp³-hybridized carbons (Fsp3) is 0.842. The smallest absolute Gasteiger partial charge is 0.310 e. The molecule has 6 atom stereocenters. The van der Waals surface area contributed by atoms with E-state index in [0.717, 1.165) is 19.3 Å². The molecule has 3 saturated heterocycles. The Hall–Kier alpha value is -1.28. The van der Waals surface area contributed by atoms with E-state index in [2.05, 4.69) is 19.2 Å². The molecule has 0 aliphatic carbocycles. The lowest BCUT2D eigenvalue weighted by molar-refractivity contribution is -0.154. The van der Waals surface area contributed by atoms with E-state index in [-0.39, 0.29) is 48.7 Å². The number of hydrogen-bond acceptors (Lipinski definition) is 6. The second-order valence-corrected chi connectivity index (χ2v) is 9.25. The maximum atomic E-state index is 13.3. The third-order valence-electron chi connectivity index (χ3n) is 6.22. The molecule has 3 unspecified atom stereocenters. The highest BCUT2D eigenvalue weighted by molar-refractivity contribution is 8.02. The summed E-state index contributed by atoms with van der Waals surface area (Å²) in [5.74, 6) is -1.62. The van der Waals surface area contributed by atoms with Crippen molar-refractivity contribution in [1.29, 1.82) is 0 Å². The standard InChI is InChI=1S/C19H30N2O5S/c1-4-6-7-20-16(23)15-19-11(3)10-12(27-19)13(18(25)26-5-2)14(19)17(24)21(15)8-9-22/h11-15,22H,4-10H2,1-3H3,(H,20,23)/t11?,12-,13+,14-,15?,19?/m0/s1. The van der Waals surface area contributed by atoms with Crippen LogP contribution in [0.25, 0.3) is 0 Å². The quantitative estimate of drug-likeness (QED) is 0.464. The molecule has 152 valence electrons. The second-order valence-electron chi connectivity index (χ2n) is 7.70. The number of fused-ring (bicyclic) bond motifs is 1. The minimum atomic E-state index is -0.650. The molecule has 2 bridgehead atoms. The van der Waals surface area contributed by atoms with Crippen LogP contribution in [-0.4, -0.2) is 70.1 Å². The molecule has 1 spiro atoms. The highest BCUT2D eigenvalue weighted by Crippen LogP contribution is 2.68. The average molecular weight is 399 g/mol. The maximum Gasteiger partial charge on any atom is 0.310 e. The zero-order valence-corrected chi connectivity index (χ0v) is 17.1. The van der Waals surface area contributed by atoms with Gasteiger partial charge in [0.1, 0.15) is 6.04 Å². The molecule has 2 amide bonds. The van der Waals surface area contributed by atoms with Crippen LogP contribution < -0.4 is 5.32 Å². The molecule has 27 heavy (non-hydrogen) atoms. The molecule has 7 nitrogen and oxygen atoms in total.